The third-order valence-electron chi connectivity index (χ3n) is 9.38. The van der Waals surface area contributed by atoms with E-state index in [1.54, 1.807) is 0 Å². The molecule has 0 aliphatic heterocycles. The number of carbonyl (C=O) groups is 2. The summed E-state index contributed by atoms with van der Waals surface area (Å²) in [6.45, 7) is 13.1. The lowest BCUT2D eigenvalue weighted by Gasteiger charge is -2.37. The fourth-order valence-corrected chi connectivity index (χ4v) is 7.08. The molecule has 0 N–H and O–H groups in total. The minimum Gasteiger partial charge on any atom is -0.495 e. The summed E-state index contributed by atoms with van der Waals surface area (Å²) in [4.78, 5) is 28.3. The summed E-state index contributed by atoms with van der Waals surface area (Å²) in [5, 5.41) is 1.38. The number of ether oxygens (including phenoxy) is 4. The van der Waals surface area contributed by atoms with E-state index in [0.29, 0.717) is 45.9 Å². The second kappa shape index (κ2) is 12.8. The monoisotopic (exact) mass is 552 g/mol. The second-order valence-electron chi connectivity index (χ2n) is 12.9. The maximum absolute atomic E-state index is 14.2. The average molecular weight is 553 g/mol. The van der Waals surface area contributed by atoms with Crippen molar-refractivity contribution >= 4 is 22.7 Å². The molecule has 2 fully saturated rings. The van der Waals surface area contributed by atoms with Crippen molar-refractivity contribution < 1.29 is 28.5 Å². The molecule has 0 saturated heterocycles. The van der Waals surface area contributed by atoms with Gasteiger partial charge in [-0.15, -0.1) is 0 Å². The molecule has 6 heteroatoms. The first kappa shape index (κ1) is 30.2. The standard InChI is InChI=1S/C34H48O6/c1-19(2)23-15-13-21(5)17-27(23)39-33(35)29-30(32(38-8)26-12-10-9-11-25(26)31(29)37-7)34(36)40-28-18-22(6)14-16-24(28)20(3)4/h9-12,19-24,27-28H,13-18H2,1-8H3. The van der Waals surface area contributed by atoms with Gasteiger partial charge < -0.3 is 18.9 Å². The lowest BCUT2D eigenvalue weighted by atomic mass is 9.75. The molecule has 6 atom stereocenters. The number of benzene rings is 2. The Morgan fingerprint density at radius 2 is 1.05 bits per heavy atom. The van der Waals surface area contributed by atoms with Crippen LogP contribution in [0.1, 0.15) is 101 Å². The van der Waals surface area contributed by atoms with Gasteiger partial charge >= 0.3 is 11.9 Å². The quantitative estimate of drug-likeness (QED) is 0.308. The Bertz CT molecular complexity index is 1110. The zero-order chi connectivity index (χ0) is 29.1. The van der Waals surface area contributed by atoms with E-state index in [2.05, 4.69) is 41.5 Å². The third kappa shape index (κ3) is 6.11. The Balaban J connectivity index is 1.82. The predicted molar refractivity (Wildman–Crippen MR) is 158 cm³/mol. The van der Waals surface area contributed by atoms with Gasteiger partial charge in [-0.2, -0.15) is 0 Å². The molecule has 4 rings (SSSR count). The largest absolute Gasteiger partial charge is 0.495 e. The van der Waals surface area contributed by atoms with Crippen molar-refractivity contribution in [3.63, 3.8) is 0 Å². The predicted octanol–water partition coefficient (Wildman–Crippen LogP) is 8.09. The highest BCUT2D eigenvalue weighted by Gasteiger charge is 2.39. The van der Waals surface area contributed by atoms with Crippen LogP contribution in [-0.2, 0) is 9.47 Å². The summed E-state index contributed by atoms with van der Waals surface area (Å²) in [5.74, 6) is 1.72. The first-order chi connectivity index (χ1) is 19.1. The van der Waals surface area contributed by atoms with E-state index in [-0.39, 0.29) is 35.2 Å². The smallest absolute Gasteiger partial charge is 0.343 e. The maximum atomic E-state index is 14.2. The van der Waals surface area contributed by atoms with E-state index < -0.39 is 11.9 Å². The average Bonchev–Trinajstić information content (AvgIpc) is 2.91. The summed E-state index contributed by atoms with van der Waals surface area (Å²) in [6, 6.07) is 7.51. The van der Waals surface area contributed by atoms with Crippen LogP contribution >= 0.6 is 0 Å². The fraction of sp³-hybridized carbons (Fsp3) is 0.647. The fourth-order valence-electron chi connectivity index (χ4n) is 7.08. The van der Waals surface area contributed by atoms with Gasteiger partial charge in [-0.25, -0.2) is 9.59 Å². The number of fused-ring (bicyclic) bond motifs is 1. The number of hydrogen-bond acceptors (Lipinski definition) is 6. The molecule has 0 heterocycles. The Labute approximate surface area is 240 Å². The Kier molecular flexibility index (Phi) is 9.68. The molecule has 0 spiro atoms. The van der Waals surface area contributed by atoms with Crippen LogP contribution in [0, 0.1) is 35.5 Å². The molecule has 0 bridgehead atoms. The Morgan fingerprint density at radius 1 is 0.675 bits per heavy atom. The van der Waals surface area contributed by atoms with Gasteiger partial charge in [0.2, 0.25) is 0 Å². The van der Waals surface area contributed by atoms with E-state index in [1.165, 1.54) is 14.2 Å². The normalized spacial score (nSPS) is 27.1. The minimum absolute atomic E-state index is 0.0914. The zero-order valence-electron chi connectivity index (χ0n) is 25.6. The number of rotatable bonds is 8. The highest BCUT2D eigenvalue weighted by molar-refractivity contribution is 6.14. The molecule has 220 valence electrons. The second-order valence-corrected chi connectivity index (χ2v) is 12.9. The lowest BCUT2D eigenvalue weighted by molar-refractivity contribution is -0.0214. The van der Waals surface area contributed by atoms with Crippen LogP contribution in [-0.4, -0.2) is 38.4 Å². The molecule has 0 aromatic heterocycles. The molecule has 2 aliphatic carbocycles. The molecular weight excluding hydrogens is 504 g/mol. The zero-order valence-corrected chi connectivity index (χ0v) is 25.6. The van der Waals surface area contributed by atoms with Crippen molar-refractivity contribution in [1.82, 2.24) is 0 Å². The highest BCUT2D eigenvalue weighted by atomic mass is 16.6. The maximum Gasteiger partial charge on any atom is 0.343 e. The highest BCUT2D eigenvalue weighted by Crippen LogP contribution is 2.44. The van der Waals surface area contributed by atoms with E-state index in [1.807, 2.05) is 24.3 Å². The van der Waals surface area contributed by atoms with Crippen molar-refractivity contribution in [3.8, 4) is 11.5 Å². The van der Waals surface area contributed by atoms with Crippen molar-refractivity contribution in [1.29, 1.82) is 0 Å². The van der Waals surface area contributed by atoms with Crippen LogP contribution in [0.2, 0.25) is 0 Å². The molecule has 2 aliphatic rings. The van der Waals surface area contributed by atoms with Gasteiger partial charge in [-0.1, -0.05) is 78.6 Å². The van der Waals surface area contributed by atoms with Crippen LogP contribution in [0.4, 0.5) is 0 Å². The summed E-state index contributed by atoms with van der Waals surface area (Å²) < 4.78 is 24.3. The Hall–Kier alpha value is -2.76. The van der Waals surface area contributed by atoms with Gasteiger partial charge in [0, 0.05) is 10.8 Å². The topological polar surface area (TPSA) is 71.1 Å². The van der Waals surface area contributed by atoms with Gasteiger partial charge in [0.25, 0.3) is 0 Å². The molecule has 6 unspecified atom stereocenters. The van der Waals surface area contributed by atoms with Gasteiger partial charge in [-0.3, -0.25) is 0 Å². The van der Waals surface area contributed by atoms with Crippen molar-refractivity contribution in [2.45, 2.75) is 92.3 Å². The van der Waals surface area contributed by atoms with Gasteiger partial charge in [0.05, 0.1) is 14.2 Å². The van der Waals surface area contributed by atoms with Crippen LogP contribution in [0.15, 0.2) is 24.3 Å². The number of esters is 2. The summed E-state index contributed by atoms with van der Waals surface area (Å²) >= 11 is 0. The molecule has 0 radical (unpaired) electrons. The summed E-state index contributed by atoms with van der Waals surface area (Å²) in [5.41, 5.74) is 0.183. The van der Waals surface area contributed by atoms with Gasteiger partial charge in [-0.05, 0) is 61.2 Å². The lowest BCUT2D eigenvalue weighted by Crippen LogP contribution is -2.37. The molecule has 6 nitrogen and oxygen atoms in total. The number of hydrogen-bond donors (Lipinski definition) is 0. The molecule has 2 saturated carbocycles. The summed E-state index contributed by atoms with van der Waals surface area (Å²) in [6.07, 6.45) is 5.42. The molecular formula is C34H48O6. The van der Waals surface area contributed by atoms with Gasteiger partial charge in [0.15, 0.2) is 0 Å². The van der Waals surface area contributed by atoms with Crippen molar-refractivity contribution in [2.24, 2.45) is 35.5 Å². The number of carbonyl (C=O) groups excluding carboxylic acids is 2. The molecule has 0 amide bonds. The molecule has 40 heavy (non-hydrogen) atoms. The van der Waals surface area contributed by atoms with E-state index in [9.17, 15) is 9.59 Å². The first-order valence-electron chi connectivity index (χ1n) is 15.2. The van der Waals surface area contributed by atoms with E-state index >= 15 is 0 Å². The van der Waals surface area contributed by atoms with Crippen LogP contribution in [0.3, 0.4) is 0 Å². The van der Waals surface area contributed by atoms with Crippen LogP contribution in [0.5, 0.6) is 11.5 Å². The Morgan fingerprint density at radius 3 is 1.38 bits per heavy atom. The van der Waals surface area contributed by atoms with Crippen molar-refractivity contribution in [3.05, 3.63) is 35.4 Å². The first-order valence-corrected chi connectivity index (χ1v) is 15.2. The number of methoxy groups -OCH3 is 2. The van der Waals surface area contributed by atoms with E-state index in [0.717, 1.165) is 38.5 Å². The van der Waals surface area contributed by atoms with Gasteiger partial charge in [0.1, 0.15) is 34.8 Å². The van der Waals surface area contributed by atoms with Crippen LogP contribution < -0.4 is 9.47 Å². The van der Waals surface area contributed by atoms with Crippen LogP contribution in [0.25, 0.3) is 10.8 Å². The minimum atomic E-state index is -0.560. The summed E-state index contributed by atoms with van der Waals surface area (Å²) in [7, 11) is 3.05. The van der Waals surface area contributed by atoms with E-state index in [4.69, 9.17) is 18.9 Å². The molecule has 2 aromatic carbocycles. The SMILES string of the molecule is COc1c(C(=O)OC2CC(C)CCC2C(C)C)c(C(=O)OC2CC(C)CCC2C(C)C)c(OC)c2ccccc12. The van der Waals surface area contributed by atoms with Crippen molar-refractivity contribution in [2.75, 3.05) is 14.2 Å². The molecule has 2 aromatic rings. The third-order valence-corrected chi connectivity index (χ3v) is 9.38.